The third-order valence-electron chi connectivity index (χ3n) is 4.19. The van der Waals surface area contributed by atoms with E-state index in [0.717, 1.165) is 12.0 Å². The predicted octanol–water partition coefficient (Wildman–Crippen LogP) is 2.57. The Hall–Kier alpha value is -2.41. The molecule has 0 saturated heterocycles. The van der Waals surface area contributed by atoms with Crippen molar-refractivity contribution in [1.82, 2.24) is 9.88 Å². The van der Waals surface area contributed by atoms with Crippen LogP contribution in [0.15, 0.2) is 23.6 Å². The minimum absolute atomic E-state index is 0.000953. The van der Waals surface area contributed by atoms with Crippen molar-refractivity contribution in [3.63, 3.8) is 0 Å². The summed E-state index contributed by atoms with van der Waals surface area (Å²) < 4.78 is 0. The highest BCUT2D eigenvalue weighted by molar-refractivity contribution is 7.13. The number of hydrogen-bond acceptors (Lipinski definition) is 5. The number of phenolic OH excluding ortho intramolecular Hbond substituents is 1. The summed E-state index contributed by atoms with van der Waals surface area (Å²) in [6.45, 7) is 4.81. The van der Waals surface area contributed by atoms with E-state index < -0.39 is 0 Å². The Kier molecular flexibility index (Phi) is 5.03. The molecule has 7 heteroatoms. The summed E-state index contributed by atoms with van der Waals surface area (Å²) in [5, 5.41) is 14.7. The molecular formula is C18H21N3O3S. The monoisotopic (exact) mass is 359 g/mol. The molecule has 2 amide bonds. The molecule has 1 aromatic heterocycles. The number of thiazole rings is 1. The van der Waals surface area contributed by atoms with Gasteiger partial charge in [0.15, 0.2) is 5.13 Å². The Morgan fingerprint density at radius 3 is 2.92 bits per heavy atom. The van der Waals surface area contributed by atoms with Crippen LogP contribution in [0.2, 0.25) is 0 Å². The summed E-state index contributed by atoms with van der Waals surface area (Å²) in [7, 11) is 0. The van der Waals surface area contributed by atoms with Gasteiger partial charge < -0.3 is 15.3 Å². The molecule has 6 nitrogen and oxygen atoms in total. The largest absolute Gasteiger partial charge is 0.508 e. The number of amides is 2. The topological polar surface area (TPSA) is 82.5 Å². The van der Waals surface area contributed by atoms with E-state index in [-0.39, 0.29) is 29.9 Å². The maximum absolute atomic E-state index is 12.5. The van der Waals surface area contributed by atoms with Gasteiger partial charge in [-0.05, 0) is 29.7 Å². The number of aromatic hydroxyl groups is 1. The fourth-order valence-electron chi connectivity index (χ4n) is 2.72. The summed E-state index contributed by atoms with van der Waals surface area (Å²) in [4.78, 5) is 30.3. The zero-order chi connectivity index (χ0) is 18.0. The molecule has 0 saturated carbocycles. The number of nitrogens with zero attached hydrogens (tertiary/aromatic N) is 2. The van der Waals surface area contributed by atoms with Crippen molar-refractivity contribution >= 4 is 28.3 Å². The van der Waals surface area contributed by atoms with Crippen LogP contribution >= 0.6 is 11.3 Å². The van der Waals surface area contributed by atoms with Crippen molar-refractivity contribution in [2.24, 2.45) is 5.92 Å². The second-order valence-corrected chi connectivity index (χ2v) is 7.34. The highest BCUT2D eigenvalue weighted by Crippen LogP contribution is 2.24. The van der Waals surface area contributed by atoms with Crippen LogP contribution in [0.1, 0.15) is 30.7 Å². The SMILES string of the molecule is CC(C)C(=O)Nc1nc(CC(=O)N2CCc3ccc(O)cc3C2)cs1. The van der Waals surface area contributed by atoms with Crippen LogP contribution in [-0.2, 0) is 29.0 Å². The maximum atomic E-state index is 12.5. The lowest BCUT2D eigenvalue weighted by atomic mass is 9.99. The minimum Gasteiger partial charge on any atom is -0.508 e. The Labute approximate surface area is 150 Å². The lowest BCUT2D eigenvalue weighted by Gasteiger charge is -2.28. The molecule has 1 aromatic carbocycles. The van der Waals surface area contributed by atoms with Gasteiger partial charge >= 0.3 is 0 Å². The maximum Gasteiger partial charge on any atom is 0.228 e. The first-order valence-electron chi connectivity index (χ1n) is 8.26. The lowest BCUT2D eigenvalue weighted by molar-refractivity contribution is -0.131. The molecule has 2 N–H and O–H groups in total. The molecule has 0 fully saturated rings. The number of nitrogens with one attached hydrogen (secondary N) is 1. The molecule has 0 atom stereocenters. The number of hydrogen-bond donors (Lipinski definition) is 2. The van der Waals surface area contributed by atoms with Crippen molar-refractivity contribution in [1.29, 1.82) is 0 Å². The number of anilines is 1. The zero-order valence-corrected chi connectivity index (χ0v) is 15.1. The van der Waals surface area contributed by atoms with Crippen molar-refractivity contribution < 1.29 is 14.7 Å². The number of rotatable bonds is 4. The highest BCUT2D eigenvalue weighted by Gasteiger charge is 2.22. The van der Waals surface area contributed by atoms with E-state index in [4.69, 9.17) is 0 Å². The van der Waals surface area contributed by atoms with Gasteiger partial charge in [0.2, 0.25) is 11.8 Å². The molecule has 25 heavy (non-hydrogen) atoms. The van der Waals surface area contributed by atoms with Crippen LogP contribution in [0.4, 0.5) is 5.13 Å². The van der Waals surface area contributed by atoms with Crippen LogP contribution in [0.25, 0.3) is 0 Å². The van der Waals surface area contributed by atoms with E-state index in [1.54, 1.807) is 22.4 Å². The van der Waals surface area contributed by atoms with E-state index in [0.29, 0.717) is 23.9 Å². The Morgan fingerprint density at radius 2 is 2.16 bits per heavy atom. The van der Waals surface area contributed by atoms with Crippen molar-refractivity contribution in [3.8, 4) is 5.75 Å². The number of carbonyl (C=O) groups is 2. The molecular weight excluding hydrogens is 338 g/mol. The first kappa shape index (κ1) is 17.4. The van der Waals surface area contributed by atoms with Crippen molar-refractivity contribution in [3.05, 3.63) is 40.4 Å². The van der Waals surface area contributed by atoms with Crippen LogP contribution in [-0.4, -0.2) is 33.3 Å². The van der Waals surface area contributed by atoms with Gasteiger partial charge in [0, 0.05) is 24.4 Å². The molecule has 0 spiro atoms. The van der Waals surface area contributed by atoms with Gasteiger partial charge in [-0.2, -0.15) is 0 Å². The Morgan fingerprint density at radius 1 is 1.36 bits per heavy atom. The van der Waals surface area contributed by atoms with E-state index >= 15 is 0 Å². The molecule has 2 heterocycles. The van der Waals surface area contributed by atoms with Gasteiger partial charge in [-0.3, -0.25) is 9.59 Å². The van der Waals surface area contributed by atoms with E-state index in [2.05, 4.69) is 10.3 Å². The van der Waals surface area contributed by atoms with Gasteiger partial charge in [-0.15, -0.1) is 11.3 Å². The first-order valence-corrected chi connectivity index (χ1v) is 9.14. The zero-order valence-electron chi connectivity index (χ0n) is 14.3. The molecule has 1 aliphatic rings. The molecule has 0 radical (unpaired) electrons. The second-order valence-electron chi connectivity index (χ2n) is 6.48. The normalized spacial score (nSPS) is 13.6. The van der Waals surface area contributed by atoms with E-state index in [9.17, 15) is 14.7 Å². The van der Waals surface area contributed by atoms with E-state index in [1.165, 1.54) is 16.9 Å². The Bertz CT molecular complexity index is 801. The smallest absolute Gasteiger partial charge is 0.228 e. The van der Waals surface area contributed by atoms with Gasteiger partial charge in [-0.1, -0.05) is 19.9 Å². The number of fused-ring (bicyclic) bond motifs is 1. The fraction of sp³-hybridized carbons (Fsp3) is 0.389. The van der Waals surface area contributed by atoms with Crippen molar-refractivity contribution in [2.45, 2.75) is 33.2 Å². The van der Waals surface area contributed by atoms with Gasteiger partial charge in [0.05, 0.1) is 12.1 Å². The number of carbonyl (C=O) groups excluding carboxylic acids is 2. The quantitative estimate of drug-likeness (QED) is 0.879. The third kappa shape index (κ3) is 4.17. The molecule has 0 aliphatic carbocycles. The van der Waals surface area contributed by atoms with Crippen LogP contribution < -0.4 is 5.32 Å². The van der Waals surface area contributed by atoms with Gasteiger partial charge in [-0.25, -0.2) is 4.98 Å². The minimum atomic E-state index is -0.112. The molecule has 3 rings (SSSR count). The summed E-state index contributed by atoms with van der Waals surface area (Å²) in [5.74, 6) is 0.0256. The predicted molar refractivity (Wildman–Crippen MR) is 96.5 cm³/mol. The molecule has 2 aromatic rings. The number of aromatic nitrogens is 1. The molecule has 0 unspecified atom stereocenters. The molecule has 0 bridgehead atoms. The average molecular weight is 359 g/mol. The standard InChI is InChI=1S/C18H21N3O3S/c1-11(2)17(24)20-18-19-14(10-25-18)8-16(23)21-6-5-12-3-4-15(22)7-13(12)9-21/h3-4,7,10-11,22H,5-6,8-9H2,1-2H3,(H,19,20,24). The van der Waals surface area contributed by atoms with Gasteiger partial charge in [0.1, 0.15) is 5.75 Å². The number of benzene rings is 1. The lowest BCUT2D eigenvalue weighted by Crippen LogP contribution is -2.36. The van der Waals surface area contributed by atoms with Crippen LogP contribution in [0.5, 0.6) is 5.75 Å². The second kappa shape index (κ2) is 7.23. The van der Waals surface area contributed by atoms with Crippen molar-refractivity contribution in [2.75, 3.05) is 11.9 Å². The third-order valence-corrected chi connectivity index (χ3v) is 5.00. The molecule has 1 aliphatic heterocycles. The summed E-state index contributed by atoms with van der Waals surface area (Å²) in [5.41, 5.74) is 2.83. The van der Waals surface area contributed by atoms with E-state index in [1.807, 2.05) is 19.9 Å². The summed E-state index contributed by atoms with van der Waals surface area (Å²) >= 11 is 1.33. The van der Waals surface area contributed by atoms with Crippen LogP contribution in [0.3, 0.4) is 0 Å². The van der Waals surface area contributed by atoms with Gasteiger partial charge in [0.25, 0.3) is 0 Å². The van der Waals surface area contributed by atoms with Crippen LogP contribution in [0, 0.1) is 5.92 Å². The highest BCUT2D eigenvalue weighted by atomic mass is 32.1. The summed E-state index contributed by atoms with van der Waals surface area (Å²) in [6.07, 6.45) is 0.996. The first-order chi connectivity index (χ1) is 11.9. The average Bonchev–Trinajstić information content (AvgIpc) is 3.00. The number of phenols is 1. The Balaban J connectivity index is 1.61. The fourth-order valence-corrected chi connectivity index (χ4v) is 3.43. The molecule has 132 valence electrons. The summed E-state index contributed by atoms with van der Waals surface area (Å²) in [6, 6.07) is 5.31.